The molecule has 2 aromatic carbocycles. The number of nitrogens with one attached hydrogen (secondary N) is 2. The Kier molecular flexibility index (Phi) is 7.26. The molecule has 2 heterocycles. The van der Waals surface area contributed by atoms with E-state index in [-0.39, 0.29) is 11.8 Å². The number of carbonyl (C=O) groups is 2. The molecule has 7 nitrogen and oxygen atoms in total. The van der Waals surface area contributed by atoms with E-state index in [2.05, 4.69) is 15.3 Å². The fourth-order valence-corrected chi connectivity index (χ4v) is 4.84. The van der Waals surface area contributed by atoms with Crippen molar-refractivity contribution in [1.29, 1.82) is 0 Å². The van der Waals surface area contributed by atoms with Gasteiger partial charge in [0, 0.05) is 35.7 Å². The number of H-pyrrole nitrogens is 1. The van der Waals surface area contributed by atoms with Gasteiger partial charge < -0.3 is 19.8 Å². The van der Waals surface area contributed by atoms with Crippen LogP contribution in [0.3, 0.4) is 0 Å². The smallest absolute Gasteiger partial charge is 0.254 e. The van der Waals surface area contributed by atoms with E-state index in [4.69, 9.17) is 11.6 Å². The van der Waals surface area contributed by atoms with Gasteiger partial charge in [-0.05, 0) is 61.7 Å². The highest BCUT2D eigenvalue weighted by atomic mass is 35.5. The third-order valence-corrected chi connectivity index (χ3v) is 6.95. The van der Waals surface area contributed by atoms with E-state index < -0.39 is 17.2 Å². The molecule has 0 bridgehead atoms. The predicted molar refractivity (Wildman–Crippen MR) is 131 cm³/mol. The van der Waals surface area contributed by atoms with Crippen LogP contribution in [0.15, 0.2) is 36.4 Å². The standard InChI is InChI=1S/C24H27ClN4O3S/c1-15-13-16(5-7-18(15)24(31)29-10-3-4-11-29)23(30)28-20(9-12-33(2)32)22-26-19-8-6-17(25)14-21(19)27-22/h5-8,13-14,20H,3-4,9-12H2,1-2H3,(H,26,27)(H,28,30)/t20-,33?/m0/s1. The first-order valence-electron chi connectivity index (χ1n) is 11.0. The quantitative estimate of drug-likeness (QED) is 0.493. The second-order valence-electron chi connectivity index (χ2n) is 8.40. The number of hydrogen-bond acceptors (Lipinski definition) is 4. The van der Waals surface area contributed by atoms with E-state index in [1.807, 2.05) is 17.9 Å². The Balaban J connectivity index is 1.54. The van der Waals surface area contributed by atoms with E-state index >= 15 is 0 Å². The number of hydrogen-bond donors (Lipinski definition) is 2. The summed E-state index contributed by atoms with van der Waals surface area (Å²) in [7, 11) is 0. The molecule has 174 valence electrons. The van der Waals surface area contributed by atoms with E-state index in [1.54, 1.807) is 36.6 Å². The van der Waals surface area contributed by atoms with Gasteiger partial charge in [-0.3, -0.25) is 9.59 Å². The van der Waals surface area contributed by atoms with Crippen LogP contribution in [0, 0.1) is 6.92 Å². The highest BCUT2D eigenvalue weighted by Gasteiger charge is 2.24. The Bertz CT molecular complexity index is 1170. The highest BCUT2D eigenvalue weighted by molar-refractivity contribution is 7.90. The molecule has 0 radical (unpaired) electrons. The summed E-state index contributed by atoms with van der Waals surface area (Å²) in [4.78, 5) is 35.5. The summed E-state index contributed by atoms with van der Waals surface area (Å²) in [5.74, 6) is 0.749. The fourth-order valence-electron chi connectivity index (χ4n) is 4.10. The average Bonchev–Trinajstić information content (AvgIpc) is 3.45. The number of nitrogens with zero attached hydrogens (tertiary/aromatic N) is 2. The molecule has 0 spiro atoms. The van der Waals surface area contributed by atoms with Crippen LogP contribution in [-0.4, -0.2) is 56.3 Å². The van der Waals surface area contributed by atoms with E-state index in [9.17, 15) is 14.1 Å². The van der Waals surface area contributed by atoms with Crippen molar-refractivity contribution in [3.63, 3.8) is 0 Å². The maximum absolute atomic E-state index is 13.1. The van der Waals surface area contributed by atoms with Crippen LogP contribution in [0.2, 0.25) is 5.02 Å². The topological polar surface area (TPSA) is 101 Å². The normalized spacial score (nSPS) is 15.6. The number of carbonyl (C=O) groups excluding carboxylic acids is 2. The molecule has 1 fully saturated rings. The average molecular weight is 487 g/mol. The molecule has 1 aliphatic heterocycles. The third-order valence-electron chi connectivity index (χ3n) is 5.91. The van der Waals surface area contributed by atoms with E-state index in [0.717, 1.165) is 37.0 Å². The number of likely N-dealkylation sites (tertiary alicyclic amines) is 1. The summed E-state index contributed by atoms with van der Waals surface area (Å²) in [6.45, 7) is 3.41. The number of aryl methyl sites for hydroxylation is 1. The SMILES string of the molecule is Cc1cc(C(=O)N[C@@H](CC[S+](C)[O-])c2nc3cc(Cl)ccc3[nH]2)ccc1C(=O)N1CCCC1. The van der Waals surface area contributed by atoms with Gasteiger partial charge >= 0.3 is 0 Å². The molecule has 0 aliphatic carbocycles. The lowest BCUT2D eigenvalue weighted by molar-refractivity contribution is 0.0791. The van der Waals surface area contributed by atoms with Crippen LogP contribution in [0.25, 0.3) is 11.0 Å². The molecule has 0 saturated carbocycles. The first-order valence-corrected chi connectivity index (χ1v) is 13.1. The number of imidazole rings is 1. The summed E-state index contributed by atoms with van der Waals surface area (Å²) >= 11 is 5.06. The summed E-state index contributed by atoms with van der Waals surface area (Å²) in [6.07, 6.45) is 4.16. The lowest BCUT2D eigenvalue weighted by atomic mass is 10.0. The van der Waals surface area contributed by atoms with Crippen LogP contribution in [0.5, 0.6) is 0 Å². The Morgan fingerprint density at radius 1 is 1.24 bits per heavy atom. The van der Waals surface area contributed by atoms with E-state index in [0.29, 0.717) is 39.7 Å². The van der Waals surface area contributed by atoms with Crippen LogP contribution in [-0.2, 0) is 11.2 Å². The molecule has 2 atom stereocenters. The number of aromatic nitrogens is 2. The van der Waals surface area contributed by atoms with Crippen molar-refractivity contribution in [2.45, 2.75) is 32.2 Å². The second-order valence-corrected chi connectivity index (χ2v) is 10.4. The Morgan fingerprint density at radius 3 is 2.70 bits per heavy atom. The van der Waals surface area contributed by atoms with Gasteiger partial charge in [-0.25, -0.2) is 4.98 Å². The van der Waals surface area contributed by atoms with Gasteiger partial charge in [-0.1, -0.05) is 22.8 Å². The first kappa shape index (κ1) is 23.6. The van der Waals surface area contributed by atoms with Crippen molar-refractivity contribution in [2.75, 3.05) is 25.1 Å². The minimum atomic E-state index is -1.01. The number of rotatable bonds is 7. The lowest BCUT2D eigenvalue weighted by Gasteiger charge is -2.19. The first-order chi connectivity index (χ1) is 15.8. The molecule has 2 amide bonds. The predicted octanol–water partition coefficient (Wildman–Crippen LogP) is 4.00. The number of halogens is 1. The largest absolute Gasteiger partial charge is 0.617 e. The zero-order valence-electron chi connectivity index (χ0n) is 18.7. The molecule has 4 rings (SSSR count). The molecule has 3 aromatic rings. The van der Waals surface area contributed by atoms with Crippen LogP contribution < -0.4 is 5.32 Å². The van der Waals surface area contributed by atoms with Crippen LogP contribution in [0.4, 0.5) is 0 Å². The van der Waals surface area contributed by atoms with Gasteiger partial charge in [-0.2, -0.15) is 0 Å². The molecule has 1 unspecified atom stereocenters. The van der Waals surface area contributed by atoms with Crippen LogP contribution >= 0.6 is 11.6 Å². The van der Waals surface area contributed by atoms with Crippen molar-refractivity contribution in [3.8, 4) is 0 Å². The maximum atomic E-state index is 13.1. The summed E-state index contributed by atoms with van der Waals surface area (Å²) in [6, 6.07) is 10.1. The molecular formula is C24H27ClN4O3S. The second kappa shape index (κ2) is 10.2. The molecule has 33 heavy (non-hydrogen) atoms. The number of fused-ring (bicyclic) bond motifs is 1. The third kappa shape index (κ3) is 5.51. The van der Waals surface area contributed by atoms with Gasteiger partial charge in [0.15, 0.2) is 0 Å². The molecule has 1 aromatic heterocycles. The number of aromatic amines is 1. The van der Waals surface area contributed by atoms with Crippen molar-refractivity contribution in [1.82, 2.24) is 20.2 Å². The fraction of sp³-hybridized carbons (Fsp3) is 0.375. The lowest BCUT2D eigenvalue weighted by Crippen LogP contribution is -2.31. The molecule has 1 aliphatic rings. The molecular weight excluding hydrogens is 460 g/mol. The van der Waals surface area contributed by atoms with Gasteiger partial charge in [0.25, 0.3) is 11.8 Å². The van der Waals surface area contributed by atoms with Crippen LogP contribution in [0.1, 0.15) is 57.4 Å². The van der Waals surface area contributed by atoms with Crippen molar-refractivity contribution >= 4 is 45.6 Å². The van der Waals surface area contributed by atoms with Crippen molar-refractivity contribution in [3.05, 3.63) is 63.9 Å². The highest BCUT2D eigenvalue weighted by Crippen LogP contribution is 2.23. The minimum Gasteiger partial charge on any atom is -0.617 e. The van der Waals surface area contributed by atoms with Gasteiger partial charge in [-0.15, -0.1) is 0 Å². The van der Waals surface area contributed by atoms with Crippen molar-refractivity contribution in [2.24, 2.45) is 0 Å². The molecule has 2 N–H and O–H groups in total. The maximum Gasteiger partial charge on any atom is 0.254 e. The Morgan fingerprint density at radius 2 is 2.00 bits per heavy atom. The van der Waals surface area contributed by atoms with Gasteiger partial charge in [0.1, 0.15) is 11.6 Å². The summed E-state index contributed by atoms with van der Waals surface area (Å²) in [5.41, 5.74) is 3.37. The van der Waals surface area contributed by atoms with E-state index in [1.165, 1.54) is 0 Å². The monoisotopic (exact) mass is 486 g/mol. The van der Waals surface area contributed by atoms with Crippen molar-refractivity contribution < 1.29 is 14.1 Å². The summed E-state index contributed by atoms with van der Waals surface area (Å²) in [5, 5.41) is 3.59. The minimum absolute atomic E-state index is 0.0150. The number of benzene rings is 2. The zero-order valence-corrected chi connectivity index (χ0v) is 20.3. The molecule has 9 heteroatoms. The molecule has 1 saturated heterocycles. The summed E-state index contributed by atoms with van der Waals surface area (Å²) < 4.78 is 11.7. The van der Waals surface area contributed by atoms with Gasteiger partial charge in [0.05, 0.1) is 23.3 Å². The Labute approximate surface area is 201 Å². The zero-order chi connectivity index (χ0) is 23.5. The van der Waals surface area contributed by atoms with Gasteiger partial charge in [0.2, 0.25) is 0 Å². The number of amides is 2. The Hall–Kier alpha value is -2.55.